The van der Waals surface area contributed by atoms with E-state index >= 15 is 0 Å². The van der Waals surface area contributed by atoms with Gasteiger partial charge < -0.3 is 20.7 Å². The first-order valence-corrected chi connectivity index (χ1v) is 5.42. The number of β-amino-alcohol motifs (C(OH)–C–C–N with tert-alkyl or cyclic N) is 1. The number of rotatable bonds is 4. The van der Waals surface area contributed by atoms with Crippen LogP contribution in [0, 0.1) is 0 Å². The van der Waals surface area contributed by atoms with Gasteiger partial charge in [0, 0.05) is 31.4 Å². The van der Waals surface area contributed by atoms with Gasteiger partial charge in [-0.25, -0.2) is 4.98 Å². The molecule has 6 nitrogen and oxygen atoms in total. The van der Waals surface area contributed by atoms with Gasteiger partial charge in [0.25, 0.3) is 0 Å². The molecular weight excluding hydrogens is 208 g/mol. The highest BCUT2D eigenvalue weighted by Crippen LogP contribution is 2.05. The quantitative estimate of drug-likeness (QED) is 0.516. The summed E-state index contributed by atoms with van der Waals surface area (Å²) in [5.41, 5.74) is 1.000. The minimum Gasteiger partial charge on any atom is -0.392 e. The average Bonchev–Trinajstić information content (AvgIpc) is 2.89. The lowest BCUT2D eigenvalue weighted by molar-refractivity contribution is -0.122. The Kier molecular flexibility index (Phi) is 3.53. The van der Waals surface area contributed by atoms with Crippen molar-refractivity contribution in [2.45, 2.75) is 25.0 Å². The number of nitrogens with zero attached hydrogens (tertiary/aromatic N) is 1. The van der Waals surface area contributed by atoms with Gasteiger partial charge in [0.05, 0.1) is 18.5 Å². The van der Waals surface area contributed by atoms with Gasteiger partial charge in [-0.1, -0.05) is 0 Å². The third-order valence-electron chi connectivity index (χ3n) is 2.67. The van der Waals surface area contributed by atoms with Gasteiger partial charge in [-0.15, -0.1) is 0 Å². The Hall–Kier alpha value is -1.40. The lowest BCUT2D eigenvalue weighted by atomic mass is 10.2. The maximum atomic E-state index is 11.6. The van der Waals surface area contributed by atoms with Crippen LogP contribution in [0.2, 0.25) is 0 Å². The average molecular weight is 224 g/mol. The van der Waals surface area contributed by atoms with Gasteiger partial charge in [-0.2, -0.15) is 0 Å². The topological polar surface area (TPSA) is 90.0 Å². The highest BCUT2D eigenvalue weighted by Gasteiger charge is 2.27. The molecule has 0 saturated carbocycles. The van der Waals surface area contributed by atoms with Gasteiger partial charge in [0.1, 0.15) is 0 Å². The number of aromatic amines is 1. The molecule has 6 heteroatoms. The minimum absolute atomic E-state index is 0.0453. The number of imidazole rings is 1. The lowest BCUT2D eigenvalue weighted by Crippen LogP contribution is -2.41. The number of carbonyl (C=O) groups excluding carboxylic acids is 1. The van der Waals surface area contributed by atoms with E-state index in [2.05, 4.69) is 20.6 Å². The van der Waals surface area contributed by atoms with Crippen molar-refractivity contribution < 1.29 is 9.90 Å². The third kappa shape index (κ3) is 2.80. The molecule has 0 spiro atoms. The normalized spacial score (nSPS) is 24.6. The van der Waals surface area contributed by atoms with Crippen molar-refractivity contribution in [1.29, 1.82) is 0 Å². The highest BCUT2D eigenvalue weighted by atomic mass is 16.3. The molecule has 0 bridgehead atoms. The fourth-order valence-corrected chi connectivity index (χ4v) is 1.78. The summed E-state index contributed by atoms with van der Waals surface area (Å²) >= 11 is 0. The van der Waals surface area contributed by atoms with E-state index in [0.717, 1.165) is 12.1 Å². The standard InChI is InChI=1S/C10H16N4O2/c15-8-3-9(13-5-8)10(16)12-2-1-7-4-11-6-14-7/h4,6,8-9,13,15H,1-3,5H2,(H,11,14)(H,12,16). The van der Waals surface area contributed by atoms with Gasteiger partial charge in [-0.3, -0.25) is 4.79 Å². The van der Waals surface area contributed by atoms with E-state index in [4.69, 9.17) is 0 Å². The fraction of sp³-hybridized carbons (Fsp3) is 0.600. The zero-order valence-corrected chi connectivity index (χ0v) is 8.94. The predicted molar refractivity (Wildman–Crippen MR) is 57.7 cm³/mol. The van der Waals surface area contributed by atoms with Crippen LogP contribution in [0.5, 0.6) is 0 Å². The second-order valence-corrected chi connectivity index (χ2v) is 3.97. The Balaban J connectivity index is 1.68. The van der Waals surface area contributed by atoms with Crippen LogP contribution in [0.3, 0.4) is 0 Å². The minimum atomic E-state index is -0.400. The summed E-state index contributed by atoms with van der Waals surface area (Å²) in [6.45, 7) is 1.08. The number of aliphatic hydroxyl groups excluding tert-OH is 1. The van der Waals surface area contributed by atoms with Crippen molar-refractivity contribution in [3.63, 3.8) is 0 Å². The Labute approximate surface area is 93.5 Å². The van der Waals surface area contributed by atoms with E-state index in [1.165, 1.54) is 0 Å². The molecule has 0 aliphatic carbocycles. The van der Waals surface area contributed by atoms with E-state index in [1.807, 2.05) is 0 Å². The SMILES string of the molecule is O=C(NCCc1cnc[nH]1)C1CC(O)CN1. The number of aromatic nitrogens is 2. The van der Waals surface area contributed by atoms with E-state index in [1.54, 1.807) is 12.5 Å². The van der Waals surface area contributed by atoms with Crippen molar-refractivity contribution in [2.24, 2.45) is 0 Å². The molecule has 2 rings (SSSR count). The summed E-state index contributed by atoms with van der Waals surface area (Å²) in [6.07, 6.45) is 4.19. The van der Waals surface area contributed by atoms with Crippen molar-refractivity contribution in [2.75, 3.05) is 13.1 Å². The Bertz CT molecular complexity index is 339. The number of nitrogens with one attached hydrogen (secondary N) is 3. The summed E-state index contributed by atoms with van der Waals surface area (Å²) in [5.74, 6) is -0.0453. The number of hydrogen-bond acceptors (Lipinski definition) is 4. The summed E-state index contributed by atoms with van der Waals surface area (Å²) in [5, 5.41) is 15.1. The van der Waals surface area contributed by atoms with Crippen molar-refractivity contribution in [3.8, 4) is 0 Å². The van der Waals surface area contributed by atoms with Gasteiger partial charge in [-0.05, 0) is 6.42 Å². The number of aliphatic hydroxyl groups is 1. The molecule has 2 heterocycles. The molecule has 1 saturated heterocycles. The second-order valence-electron chi connectivity index (χ2n) is 3.97. The van der Waals surface area contributed by atoms with Crippen molar-refractivity contribution in [3.05, 3.63) is 18.2 Å². The van der Waals surface area contributed by atoms with Crippen LogP contribution in [-0.4, -0.2) is 46.2 Å². The molecule has 0 radical (unpaired) electrons. The van der Waals surface area contributed by atoms with Gasteiger partial charge in [0.2, 0.25) is 5.91 Å². The van der Waals surface area contributed by atoms with Crippen molar-refractivity contribution in [1.82, 2.24) is 20.6 Å². The molecule has 0 aromatic carbocycles. The number of H-pyrrole nitrogens is 1. The molecule has 2 atom stereocenters. The van der Waals surface area contributed by atoms with E-state index in [9.17, 15) is 9.90 Å². The van der Waals surface area contributed by atoms with Crippen LogP contribution in [0.25, 0.3) is 0 Å². The van der Waals surface area contributed by atoms with Crippen LogP contribution in [-0.2, 0) is 11.2 Å². The number of carbonyl (C=O) groups is 1. The molecule has 1 aliphatic rings. The molecule has 1 aromatic rings. The molecule has 1 fully saturated rings. The van der Waals surface area contributed by atoms with Crippen LogP contribution in [0.1, 0.15) is 12.1 Å². The third-order valence-corrected chi connectivity index (χ3v) is 2.67. The Morgan fingerprint density at radius 1 is 1.69 bits per heavy atom. The Morgan fingerprint density at radius 3 is 3.19 bits per heavy atom. The van der Waals surface area contributed by atoms with E-state index in [-0.39, 0.29) is 11.9 Å². The molecule has 16 heavy (non-hydrogen) atoms. The summed E-state index contributed by atoms with van der Waals surface area (Å²) in [7, 11) is 0. The van der Waals surface area contributed by atoms with Crippen LogP contribution < -0.4 is 10.6 Å². The number of amides is 1. The highest BCUT2D eigenvalue weighted by molar-refractivity contribution is 5.82. The smallest absolute Gasteiger partial charge is 0.237 e. The summed E-state index contributed by atoms with van der Waals surface area (Å²) < 4.78 is 0. The van der Waals surface area contributed by atoms with Crippen LogP contribution in [0.4, 0.5) is 0 Å². The molecule has 1 aromatic heterocycles. The maximum Gasteiger partial charge on any atom is 0.237 e. The fourth-order valence-electron chi connectivity index (χ4n) is 1.78. The zero-order valence-electron chi connectivity index (χ0n) is 8.94. The van der Waals surface area contributed by atoms with E-state index < -0.39 is 6.10 Å². The first-order chi connectivity index (χ1) is 7.75. The zero-order chi connectivity index (χ0) is 11.4. The molecular formula is C10H16N4O2. The van der Waals surface area contributed by atoms with Crippen molar-refractivity contribution >= 4 is 5.91 Å². The molecule has 1 amide bonds. The molecule has 1 aliphatic heterocycles. The first kappa shape index (κ1) is 11.1. The molecule has 4 N–H and O–H groups in total. The van der Waals surface area contributed by atoms with Gasteiger partial charge in [0.15, 0.2) is 0 Å². The lowest BCUT2D eigenvalue weighted by Gasteiger charge is -2.10. The molecule has 2 unspecified atom stereocenters. The second kappa shape index (κ2) is 5.09. The number of hydrogen-bond donors (Lipinski definition) is 4. The summed E-state index contributed by atoms with van der Waals surface area (Å²) in [4.78, 5) is 18.5. The van der Waals surface area contributed by atoms with Gasteiger partial charge >= 0.3 is 0 Å². The maximum absolute atomic E-state index is 11.6. The largest absolute Gasteiger partial charge is 0.392 e. The predicted octanol–water partition coefficient (Wildman–Crippen LogP) is -1.21. The molecule has 88 valence electrons. The first-order valence-electron chi connectivity index (χ1n) is 5.42. The monoisotopic (exact) mass is 224 g/mol. The Morgan fingerprint density at radius 2 is 2.56 bits per heavy atom. The summed E-state index contributed by atoms with van der Waals surface area (Å²) in [6, 6.07) is -0.253. The van der Waals surface area contributed by atoms with Crippen LogP contribution in [0.15, 0.2) is 12.5 Å². The van der Waals surface area contributed by atoms with Crippen LogP contribution >= 0.6 is 0 Å². The van der Waals surface area contributed by atoms with E-state index in [0.29, 0.717) is 19.5 Å².